The van der Waals surface area contributed by atoms with Crippen LogP contribution in [0.5, 0.6) is 0 Å². The number of nitrogens with zero attached hydrogens (tertiary/aromatic N) is 2. The number of hydrogen-bond donors (Lipinski definition) is 1. The predicted molar refractivity (Wildman–Crippen MR) is 77.6 cm³/mol. The van der Waals surface area contributed by atoms with Crippen molar-refractivity contribution in [2.45, 2.75) is 13.0 Å². The summed E-state index contributed by atoms with van der Waals surface area (Å²) in [6.07, 6.45) is 1.03. The van der Waals surface area contributed by atoms with E-state index < -0.39 is 0 Å². The molecular weight excluding hydrogens is 242 g/mol. The molecule has 1 aromatic carbocycles. The highest BCUT2D eigenvalue weighted by atomic mass is 32.1. The monoisotopic (exact) mass is 261 g/mol. The summed E-state index contributed by atoms with van der Waals surface area (Å²) in [4.78, 5) is 6.93. The summed E-state index contributed by atoms with van der Waals surface area (Å²) in [6.45, 7) is 2.66. The molecule has 0 radical (unpaired) electrons. The molecule has 96 valence electrons. The molecule has 1 aromatic heterocycles. The second-order valence-electron chi connectivity index (χ2n) is 4.39. The van der Waals surface area contributed by atoms with Crippen molar-refractivity contribution in [1.29, 1.82) is 0 Å². The van der Waals surface area contributed by atoms with E-state index in [4.69, 9.17) is 5.73 Å². The summed E-state index contributed by atoms with van der Waals surface area (Å²) < 4.78 is 0. The van der Waals surface area contributed by atoms with E-state index in [1.54, 1.807) is 11.3 Å². The van der Waals surface area contributed by atoms with Gasteiger partial charge in [-0.25, -0.2) is 4.98 Å². The molecule has 0 saturated heterocycles. The van der Waals surface area contributed by atoms with E-state index in [0.29, 0.717) is 0 Å². The minimum absolute atomic E-state index is 0.747. The first-order valence-corrected chi connectivity index (χ1v) is 7.06. The van der Waals surface area contributed by atoms with E-state index in [-0.39, 0.29) is 0 Å². The lowest BCUT2D eigenvalue weighted by Gasteiger charge is -2.13. The number of rotatable bonds is 6. The van der Waals surface area contributed by atoms with E-state index in [1.165, 1.54) is 5.56 Å². The van der Waals surface area contributed by atoms with Gasteiger partial charge in [-0.1, -0.05) is 30.3 Å². The van der Waals surface area contributed by atoms with Crippen LogP contribution in [0.15, 0.2) is 35.7 Å². The summed E-state index contributed by atoms with van der Waals surface area (Å²) in [5, 5.41) is 3.24. The zero-order chi connectivity index (χ0) is 12.8. The van der Waals surface area contributed by atoms with E-state index >= 15 is 0 Å². The quantitative estimate of drug-likeness (QED) is 0.869. The largest absolute Gasteiger partial charge is 0.330 e. The molecule has 4 heteroatoms. The number of nitrogens with two attached hydrogens (primary N) is 1. The van der Waals surface area contributed by atoms with Crippen molar-refractivity contribution in [2.75, 3.05) is 20.1 Å². The Morgan fingerprint density at radius 2 is 2.06 bits per heavy atom. The molecule has 0 amide bonds. The molecule has 3 nitrogen and oxygen atoms in total. The van der Waals surface area contributed by atoms with Gasteiger partial charge in [-0.05, 0) is 26.6 Å². The summed E-state index contributed by atoms with van der Waals surface area (Å²) in [5.41, 5.74) is 7.84. The van der Waals surface area contributed by atoms with Gasteiger partial charge in [0.1, 0.15) is 5.01 Å². The van der Waals surface area contributed by atoms with Crippen LogP contribution in [-0.2, 0) is 6.54 Å². The number of aromatic nitrogens is 1. The lowest BCUT2D eigenvalue weighted by molar-refractivity contribution is 0.321. The van der Waals surface area contributed by atoms with Crippen molar-refractivity contribution >= 4 is 11.3 Å². The molecule has 2 rings (SSSR count). The van der Waals surface area contributed by atoms with Gasteiger partial charge in [0.05, 0.1) is 5.69 Å². The van der Waals surface area contributed by atoms with Crippen LogP contribution in [-0.4, -0.2) is 30.0 Å². The van der Waals surface area contributed by atoms with Crippen molar-refractivity contribution in [3.8, 4) is 10.6 Å². The lowest BCUT2D eigenvalue weighted by atomic mass is 10.2. The zero-order valence-electron chi connectivity index (χ0n) is 10.7. The molecule has 2 N–H and O–H groups in total. The minimum Gasteiger partial charge on any atom is -0.330 e. The summed E-state index contributed by atoms with van der Waals surface area (Å²) >= 11 is 1.71. The first kappa shape index (κ1) is 13.2. The number of hydrogen-bond acceptors (Lipinski definition) is 4. The normalized spacial score (nSPS) is 11.1. The molecule has 2 aromatic rings. The first-order valence-electron chi connectivity index (χ1n) is 6.18. The van der Waals surface area contributed by atoms with Gasteiger partial charge in [-0.15, -0.1) is 11.3 Å². The van der Waals surface area contributed by atoms with Crippen LogP contribution >= 0.6 is 11.3 Å². The van der Waals surface area contributed by atoms with Gasteiger partial charge in [0.15, 0.2) is 0 Å². The van der Waals surface area contributed by atoms with Crippen LogP contribution in [0.1, 0.15) is 12.1 Å². The average molecular weight is 261 g/mol. The Bertz CT molecular complexity index is 467. The van der Waals surface area contributed by atoms with Gasteiger partial charge in [0.2, 0.25) is 0 Å². The smallest absolute Gasteiger partial charge is 0.123 e. The van der Waals surface area contributed by atoms with Crippen molar-refractivity contribution in [3.05, 3.63) is 41.4 Å². The minimum atomic E-state index is 0.747. The molecule has 0 aliphatic rings. The van der Waals surface area contributed by atoms with E-state index in [2.05, 4.69) is 34.4 Å². The fourth-order valence-electron chi connectivity index (χ4n) is 1.81. The average Bonchev–Trinajstić information content (AvgIpc) is 2.86. The maximum absolute atomic E-state index is 5.51. The maximum Gasteiger partial charge on any atom is 0.123 e. The van der Waals surface area contributed by atoms with Crippen LogP contribution in [0.25, 0.3) is 10.6 Å². The molecule has 0 saturated carbocycles. The zero-order valence-corrected chi connectivity index (χ0v) is 11.5. The summed E-state index contributed by atoms with van der Waals surface area (Å²) in [7, 11) is 2.11. The lowest BCUT2D eigenvalue weighted by Crippen LogP contribution is -2.21. The first-order chi connectivity index (χ1) is 8.79. The van der Waals surface area contributed by atoms with Gasteiger partial charge in [-0.2, -0.15) is 0 Å². The maximum atomic E-state index is 5.51. The van der Waals surface area contributed by atoms with Gasteiger partial charge >= 0.3 is 0 Å². The standard InChI is InChI=1S/C14H19N3S/c1-17(9-5-8-15)10-13-11-18-14(16-13)12-6-3-2-4-7-12/h2-4,6-7,11H,5,8-10,15H2,1H3. The predicted octanol–water partition coefficient (Wildman–Crippen LogP) is 2.59. The van der Waals surface area contributed by atoms with Crippen molar-refractivity contribution in [2.24, 2.45) is 5.73 Å². The highest BCUT2D eigenvalue weighted by Gasteiger charge is 2.06. The van der Waals surface area contributed by atoms with Crippen molar-refractivity contribution in [3.63, 3.8) is 0 Å². The van der Waals surface area contributed by atoms with Crippen molar-refractivity contribution < 1.29 is 0 Å². The molecule has 0 aliphatic carbocycles. The van der Waals surface area contributed by atoms with Gasteiger partial charge in [-0.3, -0.25) is 0 Å². The fourth-order valence-corrected chi connectivity index (χ4v) is 2.63. The second-order valence-corrected chi connectivity index (χ2v) is 5.25. The Labute approximate surface area is 112 Å². The van der Waals surface area contributed by atoms with Crippen LogP contribution in [0.3, 0.4) is 0 Å². The fraction of sp³-hybridized carbons (Fsp3) is 0.357. The van der Waals surface area contributed by atoms with Crippen LogP contribution in [0.4, 0.5) is 0 Å². The summed E-state index contributed by atoms with van der Waals surface area (Å²) in [5.74, 6) is 0. The second kappa shape index (κ2) is 6.64. The van der Waals surface area contributed by atoms with Crippen LogP contribution < -0.4 is 5.73 Å². The van der Waals surface area contributed by atoms with Crippen molar-refractivity contribution in [1.82, 2.24) is 9.88 Å². The molecular formula is C14H19N3S. The number of benzene rings is 1. The highest BCUT2D eigenvalue weighted by Crippen LogP contribution is 2.23. The van der Waals surface area contributed by atoms with Crippen LogP contribution in [0.2, 0.25) is 0 Å². The van der Waals surface area contributed by atoms with Gasteiger partial charge < -0.3 is 10.6 Å². The summed E-state index contributed by atoms with van der Waals surface area (Å²) in [6, 6.07) is 10.3. The molecule has 0 atom stereocenters. The van der Waals surface area contributed by atoms with E-state index in [0.717, 1.165) is 36.8 Å². The Hall–Kier alpha value is -1.23. The Morgan fingerprint density at radius 1 is 1.28 bits per heavy atom. The van der Waals surface area contributed by atoms with Gasteiger partial charge in [0, 0.05) is 17.5 Å². The van der Waals surface area contributed by atoms with Gasteiger partial charge in [0.25, 0.3) is 0 Å². The molecule has 18 heavy (non-hydrogen) atoms. The molecule has 0 spiro atoms. The SMILES string of the molecule is CN(CCCN)Cc1csc(-c2ccccc2)n1. The molecule has 0 aliphatic heterocycles. The third-order valence-corrected chi connectivity index (χ3v) is 3.69. The molecule has 0 fully saturated rings. The topological polar surface area (TPSA) is 42.1 Å². The molecule has 1 heterocycles. The number of thiazole rings is 1. The highest BCUT2D eigenvalue weighted by molar-refractivity contribution is 7.13. The molecule has 0 unspecified atom stereocenters. The third kappa shape index (κ3) is 3.63. The Balaban J connectivity index is 1.98. The molecule has 0 bridgehead atoms. The Morgan fingerprint density at radius 3 is 2.78 bits per heavy atom. The van der Waals surface area contributed by atoms with Crippen LogP contribution in [0, 0.1) is 0 Å². The Kier molecular flexibility index (Phi) is 4.87. The van der Waals surface area contributed by atoms with E-state index in [9.17, 15) is 0 Å². The van der Waals surface area contributed by atoms with E-state index in [1.807, 2.05) is 18.2 Å². The third-order valence-electron chi connectivity index (χ3n) is 2.75.